The number of carbonyl (C=O) groups excluding carboxylic acids is 1. The zero-order chi connectivity index (χ0) is 17.6. The lowest BCUT2D eigenvalue weighted by molar-refractivity contribution is 0.0162. The highest BCUT2D eigenvalue weighted by Crippen LogP contribution is 2.26. The maximum atomic E-state index is 12.2. The number of aliphatic imine (C=N–C) groups is 1. The Bertz CT molecular complexity index is 447. The molecule has 0 aromatic rings. The number of likely N-dealkylation sites (tertiary alicyclic amines) is 1. The van der Waals surface area contributed by atoms with Crippen LogP contribution in [0.5, 0.6) is 0 Å². The highest BCUT2D eigenvalue weighted by Gasteiger charge is 2.27. The average molecular weight is 466 g/mol. The van der Waals surface area contributed by atoms with Gasteiger partial charge in [0.05, 0.1) is 0 Å². The summed E-state index contributed by atoms with van der Waals surface area (Å²) >= 11 is 0. The molecule has 6 nitrogen and oxygen atoms in total. The van der Waals surface area contributed by atoms with Gasteiger partial charge < -0.3 is 20.7 Å². The van der Waals surface area contributed by atoms with Crippen LogP contribution in [-0.2, 0) is 4.74 Å². The number of ether oxygens (including phenoxy) is 1. The molecular formula is C18H35IN4O2. The lowest BCUT2D eigenvalue weighted by Crippen LogP contribution is -2.43. The van der Waals surface area contributed by atoms with Crippen molar-refractivity contribution in [2.75, 3.05) is 26.2 Å². The highest BCUT2D eigenvalue weighted by atomic mass is 127. The summed E-state index contributed by atoms with van der Waals surface area (Å²) in [6, 6.07) is 0. The summed E-state index contributed by atoms with van der Waals surface area (Å²) in [7, 11) is 0. The number of halogens is 1. The van der Waals surface area contributed by atoms with Gasteiger partial charge in [0.2, 0.25) is 0 Å². The Hall–Kier alpha value is -0.730. The Morgan fingerprint density at radius 3 is 2.52 bits per heavy atom. The fraction of sp³-hybridized carbons (Fsp3) is 0.889. The molecule has 0 aromatic carbocycles. The lowest BCUT2D eigenvalue weighted by Gasteiger charge is -2.34. The second-order valence-corrected chi connectivity index (χ2v) is 8.17. The molecular weight excluding hydrogens is 431 g/mol. The van der Waals surface area contributed by atoms with Gasteiger partial charge in [-0.15, -0.1) is 24.0 Å². The van der Waals surface area contributed by atoms with Crippen LogP contribution in [0, 0.1) is 11.8 Å². The third-order valence-electron chi connectivity index (χ3n) is 4.77. The number of carbonyl (C=O) groups is 1. The Kier molecular flexibility index (Phi) is 9.30. The average Bonchev–Trinajstić information content (AvgIpc) is 2.44. The number of nitrogens with one attached hydrogen (secondary N) is 1. The van der Waals surface area contributed by atoms with Gasteiger partial charge in [-0.25, -0.2) is 4.79 Å². The molecule has 2 rings (SSSR count). The zero-order valence-electron chi connectivity index (χ0n) is 15.9. The van der Waals surface area contributed by atoms with Crippen LogP contribution in [0.15, 0.2) is 4.99 Å². The third-order valence-corrected chi connectivity index (χ3v) is 4.77. The van der Waals surface area contributed by atoms with E-state index < -0.39 is 5.60 Å². The van der Waals surface area contributed by atoms with Crippen LogP contribution >= 0.6 is 24.0 Å². The number of nitrogens with two attached hydrogens (primary N) is 1. The fourth-order valence-electron chi connectivity index (χ4n) is 3.16. The fourth-order valence-corrected chi connectivity index (χ4v) is 3.16. The van der Waals surface area contributed by atoms with Crippen molar-refractivity contribution in [3.63, 3.8) is 0 Å². The quantitative estimate of drug-likeness (QED) is 0.370. The standard InChI is InChI=1S/C18H34N4O2.HI/c1-18(2,3)24-17(23)22-11-5-8-15(13-22)9-10-20-16(19)21-12-14-6-4-7-14;/h14-15H,4-13H2,1-3H3,(H3,19,20,21);1H. The summed E-state index contributed by atoms with van der Waals surface area (Å²) in [6.07, 6.45) is 6.91. The largest absolute Gasteiger partial charge is 0.444 e. The molecule has 0 aromatic heterocycles. The van der Waals surface area contributed by atoms with Gasteiger partial charge in [0.15, 0.2) is 5.96 Å². The maximum Gasteiger partial charge on any atom is 0.410 e. The van der Waals surface area contributed by atoms with E-state index in [-0.39, 0.29) is 30.1 Å². The molecule has 1 amide bonds. The molecule has 146 valence electrons. The van der Waals surface area contributed by atoms with Crippen molar-refractivity contribution in [3.8, 4) is 0 Å². The smallest absolute Gasteiger partial charge is 0.410 e. The van der Waals surface area contributed by atoms with Gasteiger partial charge in [-0.1, -0.05) is 6.42 Å². The van der Waals surface area contributed by atoms with Crippen molar-refractivity contribution in [2.45, 2.75) is 64.9 Å². The molecule has 2 aliphatic rings. The molecule has 0 bridgehead atoms. The number of rotatable bonds is 5. The summed E-state index contributed by atoms with van der Waals surface area (Å²) in [4.78, 5) is 18.4. The van der Waals surface area contributed by atoms with Crippen molar-refractivity contribution in [2.24, 2.45) is 22.6 Å². The predicted octanol–water partition coefficient (Wildman–Crippen LogP) is 3.35. The maximum absolute atomic E-state index is 12.2. The van der Waals surface area contributed by atoms with E-state index in [0.29, 0.717) is 11.9 Å². The first-order valence-electron chi connectivity index (χ1n) is 9.35. The minimum Gasteiger partial charge on any atom is -0.444 e. The molecule has 1 saturated heterocycles. The van der Waals surface area contributed by atoms with E-state index in [1.807, 2.05) is 25.7 Å². The van der Waals surface area contributed by atoms with Gasteiger partial charge in [0.1, 0.15) is 5.60 Å². The van der Waals surface area contributed by atoms with Crippen LogP contribution in [0.4, 0.5) is 4.79 Å². The number of hydrogen-bond acceptors (Lipinski definition) is 3. The molecule has 1 unspecified atom stereocenters. The molecule has 2 fully saturated rings. The topological polar surface area (TPSA) is 80.0 Å². The van der Waals surface area contributed by atoms with Crippen LogP contribution in [0.1, 0.15) is 59.3 Å². The molecule has 7 heteroatoms. The zero-order valence-corrected chi connectivity index (χ0v) is 18.3. The number of piperidine rings is 1. The number of hydrogen-bond donors (Lipinski definition) is 2. The summed E-state index contributed by atoms with van der Waals surface area (Å²) in [6.45, 7) is 8.95. The third kappa shape index (κ3) is 8.46. The first-order chi connectivity index (χ1) is 11.3. The number of guanidine groups is 1. The summed E-state index contributed by atoms with van der Waals surface area (Å²) in [5.74, 6) is 1.80. The molecule has 1 saturated carbocycles. The van der Waals surface area contributed by atoms with E-state index in [4.69, 9.17) is 10.5 Å². The SMILES string of the molecule is CC(C)(C)OC(=O)N1CCCC(CCNC(N)=NCC2CCC2)C1.I. The van der Waals surface area contributed by atoms with Crippen LogP contribution in [0.2, 0.25) is 0 Å². The minimum atomic E-state index is -0.434. The Labute approximate surface area is 169 Å². The van der Waals surface area contributed by atoms with Crippen LogP contribution in [0.3, 0.4) is 0 Å². The molecule has 1 atom stereocenters. The first-order valence-corrected chi connectivity index (χ1v) is 9.35. The number of amides is 1. The van der Waals surface area contributed by atoms with E-state index in [2.05, 4.69) is 10.3 Å². The summed E-state index contributed by atoms with van der Waals surface area (Å²) in [5.41, 5.74) is 5.48. The second-order valence-electron chi connectivity index (χ2n) is 8.17. The molecule has 3 N–H and O–H groups in total. The van der Waals surface area contributed by atoms with Crippen molar-refractivity contribution in [1.29, 1.82) is 0 Å². The first kappa shape index (κ1) is 22.3. The van der Waals surface area contributed by atoms with Crippen LogP contribution < -0.4 is 11.1 Å². The van der Waals surface area contributed by atoms with Crippen LogP contribution in [-0.4, -0.2) is 48.7 Å². The summed E-state index contributed by atoms with van der Waals surface area (Å²) in [5, 5.41) is 3.21. The van der Waals surface area contributed by atoms with E-state index in [0.717, 1.165) is 51.4 Å². The van der Waals surface area contributed by atoms with Gasteiger partial charge in [0, 0.05) is 26.2 Å². The molecule has 1 aliphatic heterocycles. The van der Waals surface area contributed by atoms with Crippen molar-refractivity contribution in [3.05, 3.63) is 0 Å². The van der Waals surface area contributed by atoms with E-state index >= 15 is 0 Å². The molecule has 1 aliphatic carbocycles. The van der Waals surface area contributed by atoms with Gasteiger partial charge in [0.25, 0.3) is 0 Å². The highest BCUT2D eigenvalue weighted by molar-refractivity contribution is 14.0. The second kappa shape index (κ2) is 10.4. The van der Waals surface area contributed by atoms with E-state index in [9.17, 15) is 4.79 Å². The Morgan fingerprint density at radius 1 is 1.24 bits per heavy atom. The Morgan fingerprint density at radius 2 is 1.92 bits per heavy atom. The Balaban J connectivity index is 0.00000312. The molecule has 0 spiro atoms. The molecule has 0 radical (unpaired) electrons. The molecule has 25 heavy (non-hydrogen) atoms. The van der Waals surface area contributed by atoms with Crippen molar-refractivity contribution in [1.82, 2.24) is 10.2 Å². The van der Waals surface area contributed by atoms with Crippen LogP contribution in [0.25, 0.3) is 0 Å². The summed E-state index contributed by atoms with van der Waals surface area (Å²) < 4.78 is 5.47. The van der Waals surface area contributed by atoms with Gasteiger partial charge in [-0.2, -0.15) is 0 Å². The minimum absolute atomic E-state index is 0. The van der Waals surface area contributed by atoms with Crippen molar-refractivity contribution >= 4 is 36.0 Å². The predicted molar refractivity (Wildman–Crippen MR) is 112 cm³/mol. The monoisotopic (exact) mass is 466 g/mol. The van der Waals surface area contributed by atoms with E-state index in [1.54, 1.807) is 0 Å². The van der Waals surface area contributed by atoms with Gasteiger partial charge in [-0.05, 0) is 64.7 Å². The van der Waals surface area contributed by atoms with Gasteiger partial charge in [-0.3, -0.25) is 4.99 Å². The van der Waals surface area contributed by atoms with Crippen molar-refractivity contribution < 1.29 is 9.53 Å². The van der Waals surface area contributed by atoms with E-state index in [1.165, 1.54) is 19.3 Å². The molecule has 1 heterocycles. The lowest BCUT2D eigenvalue weighted by atomic mass is 9.86. The normalized spacial score (nSPS) is 22.0. The van der Waals surface area contributed by atoms with Gasteiger partial charge >= 0.3 is 6.09 Å². The number of nitrogens with zero attached hydrogens (tertiary/aromatic N) is 2.